The Bertz CT molecular complexity index is 450. The van der Waals surface area contributed by atoms with Crippen LogP contribution >= 0.6 is 15.9 Å². The van der Waals surface area contributed by atoms with Crippen molar-refractivity contribution in [2.75, 3.05) is 25.1 Å². The second-order valence-electron chi connectivity index (χ2n) is 5.79. The molecule has 0 saturated carbocycles. The molecule has 1 aromatic carbocycles. The van der Waals surface area contributed by atoms with Gasteiger partial charge in [0.2, 0.25) is 0 Å². The summed E-state index contributed by atoms with van der Waals surface area (Å²) in [6.45, 7) is 8.95. The fourth-order valence-electron chi connectivity index (χ4n) is 2.78. The van der Waals surface area contributed by atoms with Crippen LogP contribution in [0.25, 0.3) is 0 Å². The van der Waals surface area contributed by atoms with Gasteiger partial charge in [0, 0.05) is 30.9 Å². The lowest BCUT2D eigenvalue weighted by Crippen LogP contribution is -2.58. The smallest absolute Gasteiger partial charge is 0.133 e. The van der Waals surface area contributed by atoms with E-state index in [0.29, 0.717) is 18.0 Å². The average molecular weight is 341 g/mol. The van der Waals surface area contributed by atoms with E-state index in [0.717, 1.165) is 29.7 Å². The van der Waals surface area contributed by atoms with Crippen molar-refractivity contribution in [2.45, 2.75) is 39.3 Å². The summed E-state index contributed by atoms with van der Waals surface area (Å²) in [6, 6.07) is 7.49. The predicted molar refractivity (Wildman–Crippen MR) is 88.7 cm³/mol. The highest BCUT2D eigenvalue weighted by Crippen LogP contribution is 2.31. The van der Waals surface area contributed by atoms with E-state index in [-0.39, 0.29) is 0 Å². The van der Waals surface area contributed by atoms with Gasteiger partial charge in [-0.25, -0.2) is 0 Å². The summed E-state index contributed by atoms with van der Waals surface area (Å²) in [5.74, 6) is 1.54. The number of hydrogen-bond acceptors (Lipinski definition) is 3. The lowest BCUT2D eigenvalue weighted by molar-refractivity contribution is 0.325. The SMILES string of the molecule is CCC1CNC(C(C)C)CN1c1ccc(OC)c(Br)c1. The summed E-state index contributed by atoms with van der Waals surface area (Å²) in [5.41, 5.74) is 1.27. The number of halogens is 1. The number of piperazine rings is 1. The van der Waals surface area contributed by atoms with Crippen LogP contribution in [0.2, 0.25) is 0 Å². The number of nitrogens with zero attached hydrogens (tertiary/aromatic N) is 1. The molecule has 1 saturated heterocycles. The van der Waals surface area contributed by atoms with Gasteiger partial charge in [-0.2, -0.15) is 0 Å². The van der Waals surface area contributed by atoms with Crippen LogP contribution in [-0.2, 0) is 0 Å². The van der Waals surface area contributed by atoms with Crippen LogP contribution in [0.3, 0.4) is 0 Å². The Hall–Kier alpha value is -0.740. The van der Waals surface area contributed by atoms with Gasteiger partial charge in [-0.1, -0.05) is 20.8 Å². The van der Waals surface area contributed by atoms with Gasteiger partial charge in [-0.05, 0) is 46.5 Å². The lowest BCUT2D eigenvalue weighted by Gasteiger charge is -2.43. The highest BCUT2D eigenvalue weighted by atomic mass is 79.9. The summed E-state index contributed by atoms with van der Waals surface area (Å²) >= 11 is 3.59. The number of anilines is 1. The summed E-state index contributed by atoms with van der Waals surface area (Å²) in [5, 5.41) is 3.68. The molecule has 1 fully saturated rings. The summed E-state index contributed by atoms with van der Waals surface area (Å²) < 4.78 is 6.34. The molecule has 0 spiro atoms. The van der Waals surface area contributed by atoms with Crippen LogP contribution in [0.5, 0.6) is 5.75 Å². The average Bonchev–Trinajstić information content (AvgIpc) is 2.46. The van der Waals surface area contributed by atoms with Gasteiger partial charge in [0.15, 0.2) is 0 Å². The van der Waals surface area contributed by atoms with E-state index in [4.69, 9.17) is 4.74 Å². The second kappa shape index (κ2) is 6.81. The third kappa shape index (κ3) is 3.29. The molecule has 0 aromatic heterocycles. The molecule has 4 heteroatoms. The van der Waals surface area contributed by atoms with Crippen LogP contribution in [0.1, 0.15) is 27.2 Å². The highest BCUT2D eigenvalue weighted by molar-refractivity contribution is 9.10. The Morgan fingerprint density at radius 2 is 2.20 bits per heavy atom. The van der Waals surface area contributed by atoms with E-state index in [1.165, 1.54) is 5.69 Å². The van der Waals surface area contributed by atoms with Gasteiger partial charge in [-0.15, -0.1) is 0 Å². The van der Waals surface area contributed by atoms with Crippen molar-refractivity contribution in [1.82, 2.24) is 5.32 Å². The molecule has 0 amide bonds. The van der Waals surface area contributed by atoms with Gasteiger partial charge < -0.3 is 15.0 Å². The normalized spacial score (nSPS) is 23.2. The second-order valence-corrected chi connectivity index (χ2v) is 6.65. The predicted octanol–water partition coefficient (Wildman–Crippen LogP) is 3.67. The third-order valence-corrected chi connectivity index (χ3v) is 4.81. The number of rotatable bonds is 4. The zero-order valence-electron chi connectivity index (χ0n) is 12.8. The molecule has 1 aliphatic heterocycles. The van der Waals surface area contributed by atoms with Crippen LogP contribution in [0.15, 0.2) is 22.7 Å². The van der Waals surface area contributed by atoms with Crippen molar-refractivity contribution < 1.29 is 4.74 Å². The van der Waals surface area contributed by atoms with Crippen LogP contribution in [0, 0.1) is 5.92 Å². The Kier molecular flexibility index (Phi) is 5.33. The van der Waals surface area contributed by atoms with E-state index in [2.05, 4.69) is 59.1 Å². The monoisotopic (exact) mass is 340 g/mol. The van der Waals surface area contributed by atoms with Crippen molar-refractivity contribution in [2.24, 2.45) is 5.92 Å². The van der Waals surface area contributed by atoms with Gasteiger partial charge in [0.25, 0.3) is 0 Å². The van der Waals surface area contributed by atoms with Gasteiger partial charge >= 0.3 is 0 Å². The number of hydrogen-bond donors (Lipinski definition) is 1. The Morgan fingerprint density at radius 3 is 2.75 bits per heavy atom. The molecular weight excluding hydrogens is 316 g/mol. The summed E-state index contributed by atoms with van der Waals surface area (Å²) in [4.78, 5) is 2.53. The minimum Gasteiger partial charge on any atom is -0.496 e. The maximum Gasteiger partial charge on any atom is 0.133 e. The summed E-state index contributed by atoms with van der Waals surface area (Å²) in [7, 11) is 1.70. The first kappa shape index (κ1) is 15.6. The molecule has 0 radical (unpaired) electrons. The maximum absolute atomic E-state index is 5.32. The van der Waals surface area contributed by atoms with Gasteiger partial charge in [0.1, 0.15) is 5.75 Å². The van der Waals surface area contributed by atoms with E-state index in [9.17, 15) is 0 Å². The first-order valence-electron chi connectivity index (χ1n) is 7.40. The fraction of sp³-hybridized carbons (Fsp3) is 0.625. The molecule has 0 aliphatic carbocycles. The van der Waals surface area contributed by atoms with E-state index < -0.39 is 0 Å². The molecule has 1 aliphatic rings. The van der Waals surface area contributed by atoms with Gasteiger partial charge in [0.05, 0.1) is 11.6 Å². The first-order valence-corrected chi connectivity index (χ1v) is 8.19. The number of methoxy groups -OCH3 is 1. The Balaban J connectivity index is 2.24. The number of ether oxygens (including phenoxy) is 1. The Morgan fingerprint density at radius 1 is 1.45 bits per heavy atom. The Labute approximate surface area is 130 Å². The molecular formula is C16H25BrN2O. The summed E-state index contributed by atoms with van der Waals surface area (Å²) in [6.07, 6.45) is 1.15. The molecule has 0 bridgehead atoms. The topological polar surface area (TPSA) is 24.5 Å². The molecule has 1 N–H and O–H groups in total. The molecule has 1 aromatic rings. The first-order chi connectivity index (χ1) is 9.56. The highest BCUT2D eigenvalue weighted by Gasteiger charge is 2.28. The zero-order chi connectivity index (χ0) is 14.7. The van der Waals surface area contributed by atoms with Crippen molar-refractivity contribution in [1.29, 1.82) is 0 Å². The molecule has 3 nitrogen and oxygen atoms in total. The van der Waals surface area contributed by atoms with E-state index >= 15 is 0 Å². The standard InChI is InChI=1S/C16H25BrN2O/c1-5-12-9-18-15(11(2)3)10-19(12)13-6-7-16(20-4)14(17)8-13/h6-8,11-12,15,18H,5,9-10H2,1-4H3. The third-order valence-electron chi connectivity index (χ3n) is 4.19. The van der Waals surface area contributed by atoms with Crippen molar-refractivity contribution in [3.8, 4) is 5.75 Å². The van der Waals surface area contributed by atoms with Crippen LogP contribution in [-0.4, -0.2) is 32.3 Å². The van der Waals surface area contributed by atoms with Crippen molar-refractivity contribution in [3.05, 3.63) is 22.7 Å². The molecule has 2 rings (SSSR count). The van der Waals surface area contributed by atoms with Crippen LogP contribution in [0.4, 0.5) is 5.69 Å². The quantitative estimate of drug-likeness (QED) is 0.904. The molecule has 112 valence electrons. The molecule has 2 unspecified atom stereocenters. The lowest BCUT2D eigenvalue weighted by atomic mass is 9.98. The largest absolute Gasteiger partial charge is 0.496 e. The number of benzene rings is 1. The molecule has 1 heterocycles. The van der Waals surface area contributed by atoms with Crippen molar-refractivity contribution >= 4 is 21.6 Å². The fourth-order valence-corrected chi connectivity index (χ4v) is 3.31. The maximum atomic E-state index is 5.32. The van der Waals surface area contributed by atoms with E-state index in [1.807, 2.05) is 6.07 Å². The minimum atomic E-state index is 0.554. The molecule has 20 heavy (non-hydrogen) atoms. The number of nitrogens with one attached hydrogen (secondary N) is 1. The minimum absolute atomic E-state index is 0.554. The molecule has 2 atom stereocenters. The van der Waals surface area contributed by atoms with E-state index in [1.54, 1.807) is 7.11 Å². The zero-order valence-corrected chi connectivity index (χ0v) is 14.4. The van der Waals surface area contributed by atoms with Gasteiger partial charge in [-0.3, -0.25) is 0 Å². The van der Waals surface area contributed by atoms with Crippen LogP contribution < -0.4 is 15.0 Å². The van der Waals surface area contributed by atoms with Crippen molar-refractivity contribution in [3.63, 3.8) is 0 Å².